The van der Waals surface area contributed by atoms with Crippen molar-refractivity contribution in [3.63, 3.8) is 0 Å². The highest BCUT2D eigenvalue weighted by molar-refractivity contribution is 5.91. The maximum atomic E-state index is 12.3. The molecule has 6 nitrogen and oxygen atoms in total. The van der Waals surface area contributed by atoms with Gasteiger partial charge in [0.25, 0.3) is 0 Å². The maximum Gasteiger partial charge on any atom is 0.336 e. The van der Waals surface area contributed by atoms with Gasteiger partial charge < -0.3 is 20.9 Å². The molecule has 0 saturated carbocycles. The van der Waals surface area contributed by atoms with E-state index in [0.29, 0.717) is 22.5 Å². The number of carbonyl (C=O) groups is 2. The summed E-state index contributed by atoms with van der Waals surface area (Å²) in [5, 5.41) is 0. The second kappa shape index (κ2) is 11.4. The minimum atomic E-state index is -0.556. The van der Waals surface area contributed by atoms with Gasteiger partial charge in [-0.05, 0) is 58.7 Å². The number of hydrogen-bond donors (Lipinski definition) is 2. The van der Waals surface area contributed by atoms with Gasteiger partial charge in [-0.2, -0.15) is 0 Å². The normalized spacial score (nSPS) is 11.0. The SMILES string of the molecule is Nc1ccc(-c2ccc(N)c(OC(=O)/C=C/c3ccccc3)c2)cc1OC(=O)/C=C/c1ccccc1. The summed E-state index contributed by atoms with van der Waals surface area (Å²) in [4.78, 5) is 24.6. The first-order chi connectivity index (χ1) is 17.5. The monoisotopic (exact) mass is 476 g/mol. The second-order valence-electron chi connectivity index (χ2n) is 7.84. The summed E-state index contributed by atoms with van der Waals surface area (Å²) in [6, 6.07) is 29.0. The van der Waals surface area contributed by atoms with Gasteiger partial charge in [-0.25, -0.2) is 9.59 Å². The van der Waals surface area contributed by atoms with E-state index in [9.17, 15) is 9.59 Å². The highest BCUT2D eigenvalue weighted by Crippen LogP contribution is 2.33. The predicted octanol–water partition coefficient (Wildman–Crippen LogP) is 5.76. The molecule has 178 valence electrons. The summed E-state index contributed by atoms with van der Waals surface area (Å²) >= 11 is 0. The lowest BCUT2D eigenvalue weighted by Gasteiger charge is -2.11. The molecular formula is C30H24N2O4. The minimum absolute atomic E-state index is 0.219. The van der Waals surface area contributed by atoms with Crippen molar-refractivity contribution in [2.24, 2.45) is 0 Å². The van der Waals surface area contributed by atoms with Crippen LogP contribution in [-0.4, -0.2) is 11.9 Å². The van der Waals surface area contributed by atoms with Crippen LogP contribution in [0.1, 0.15) is 11.1 Å². The third-order valence-electron chi connectivity index (χ3n) is 5.20. The van der Waals surface area contributed by atoms with Gasteiger partial charge in [-0.15, -0.1) is 0 Å². The van der Waals surface area contributed by atoms with E-state index in [1.807, 2.05) is 60.7 Å². The summed E-state index contributed by atoms with van der Waals surface area (Å²) in [5.41, 5.74) is 15.8. The molecule has 0 aliphatic rings. The molecule has 0 saturated heterocycles. The number of hydrogen-bond acceptors (Lipinski definition) is 6. The number of nitrogen functional groups attached to an aromatic ring is 2. The molecule has 0 bridgehead atoms. The Morgan fingerprint density at radius 1 is 0.556 bits per heavy atom. The first-order valence-corrected chi connectivity index (χ1v) is 11.2. The summed E-state index contributed by atoms with van der Waals surface area (Å²) in [7, 11) is 0. The van der Waals surface area contributed by atoms with Crippen LogP contribution in [0.25, 0.3) is 23.3 Å². The average molecular weight is 477 g/mol. The Bertz CT molecular complexity index is 1320. The zero-order valence-corrected chi connectivity index (χ0v) is 19.3. The van der Waals surface area contributed by atoms with E-state index in [-0.39, 0.29) is 11.5 Å². The van der Waals surface area contributed by atoms with E-state index in [1.165, 1.54) is 12.2 Å². The van der Waals surface area contributed by atoms with Crippen molar-refractivity contribution in [1.29, 1.82) is 0 Å². The van der Waals surface area contributed by atoms with E-state index in [4.69, 9.17) is 20.9 Å². The van der Waals surface area contributed by atoms with Crippen molar-refractivity contribution in [2.45, 2.75) is 0 Å². The summed E-state index contributed by atoms with van der Waals surface area (Å²) < 4.78 is 10.9. The predicted molar refractivity (Wildman–Crippen MR) is 143 cm³/mol. The van der Waals surface area contributed by atoms with Crippen LogP contribution in [-0.2, 0) is 9.59 Å². The van der Waals surface area contributed by atoms with Crippen molar-refractivity contribution in [2.75, 3.05) is 11.5 Å². The van der Waals surface area contributed by atoms with Gasteiger partial charge in [-0.1, -0.05) is 72.8 Å². The smallest absolute Gasteiger partial charge is 0.336 e. The molecule has 0 heterocycles. The van der Waals surface area contributed by atoms with E-state index in [1.54, 1.807) is 48.6 Å². The van der Waals surface area contributed by atoms with E-state index in [2.05, 4.69) is 0 Å². The van der Waals surface area contributed by atoms with Gasteiger partial charge in [0.2, 0.25) is 0 Å². The van der Waals surface area contributed by atoms with Crippen molar-refractivity contribution >= 4 is 35.5 Å². The minimum Gasteiger partial charge on any atom is -0.421 e. The van der Waals surface area contributed by atoms with Gasteiger partial charge in [0.15, 0.2) is 11.5 Å². The zero-order chi connectivity index (χ0) is 25.3. The Morgan fingerprint density at radius 3 is 1.33 bits per heavy atom. The van der Waals surface area contributed by atoms with Crippen LogP contribution in [0.15, 0.2) is 109 Å². The van der Waals surface area contributed by atoms with Crippen LogP contribution >= 0.6 is 0 Å². The fourth-order valence-electron chi connectivity index (χ4n) is 3.35. The van der Waals surface area contributed by atoms with Crippen molar-refractivity contribution in [1.82, 2.24) is 0 Å². The molecule has 4 rings (SSSR count). The number of carbonyl (C=O) groups excluding carboxylic acids is 2. The number of anilines is 2. The van der Waals surface area contributed by atoms with Crippen LogP contribution in [0, 0.1) is 0 Å². The fraction of sp³-hybridized carbons (Fsp3) is 0. The molecule has 36 heavy (non-hydrogen) atoms. The summed E-state index contributed by atoms with van der Waals surface area (Å²) in [6.07, 6.45) is 6.00. The highest BCUT2D eigenvalue weighted by atomic mass is 16.5. The number of esters is 2. The molecule has 6 heteroatoms. The quantitative estimate of drug-likeness (QED) is 0.152. The molecule has 0 amide bonds. The molecule has 0 aliphatic carbocycles. The molecular weight excluding hydrogens is 452 g/mol. The molecule has 0 atom stereocenters. The molecule has 0 unspecified atom stereocenters. The Morgan fingerprint density at radius 2 is 0.944 bits per heavy atom. The Hall–Kier alpha value is -5.10. The second-order valence-corrected chi connectivity index (χ2v) is 7.84. The topological polar surface area (TPSA) is 105 Å². The van der Waals surface area contributed by atoms with Crippen LogP contribution in [0.3, 0.4) is 0 Å². The van der Waals surface area contributed by atoms with Gasteiger partial charge in [0.05, 0.1) is 11.4 Å². The number of ether oxygens (including phenoxy) is 2. The van der Waals surface area contributed by atoms with Gasteiger partial charge >= 0.3 is 11.9 Å². The number of rotatable bonds is 7. The Balaban J connectivity index is 1.49. The maximum absolute atomic E-state index is 12.3. The highest BCUT2D eigenvalue weighted by Gasteiger charge is 2.11. The standard InChI is InChI=1S/C30H24N2O4/c31-25-15-13-23(19-27(25)35-29(33)17-11-21-7-3-1-4-8-21)24-14-16-26(32)28(20-24)36-30(34)18-12-22-9-5-2-6-10-22/h1-20H,31-32H2/b17-11+,18-12+. The van der Waals surface area contributed by atoms with Gasteiger partial charge in [0, 0.05) is 12.2 Å². The molecule has 0 fully saturated rings. The third-order valence-corrected chi connectivity index (χ3v) is 5.20. The fourth-order valence-corrected chi connectivity index (χ4v) is 3.35. The van der Waals surface area contributed by atoms with Gasteiger partial charge in [0.1, 0.15) is 0 Å². The van der Waals surface area contributed by atoms with Gasteiger partial charge in [-0.3, -0.25) is 0 Å². The first-order valence-electron chi connectivity index (χ1n) is 11.2. The first kappa shape index (κ1) is 24.0. The van der Waals surface area contributed by atoms with Crippen molar-refractivity contribution in [3.05, 3.63) is 120 Å². The molecule has 0 aromatic heterocycles. The van der Waals surface area contributed by atoms with Crippen LogP contribution in [0.4, 0.5) is 11.4 Å². The van der Waals surface area contributed by atoms with E-state index in [0.717, 1.165) is 11.1 Å². The van der Waals surface area contributed by atoms with Crippen LogP contribution < -0.4 is 20.9 Å². The molecule has 0 spiro atoms. The van der Waals surface area contributed by atoms with E-state index >= 15 is 0 Å². The number of nitrogens with two attached hydrogens (primary N) is 2. The lowest BCUT2D eigenvalue weighted by atomic mass is 10.0. The zero-order valence-electron chi connectivity index (χ0n) is 19.3. The van der Waals surface area contributed by atoms with Crippen molar-refractivity contribution < 1.29 is 19.1 Å². The summed E-state index contributed by atoms with van der Waals surface area (Å²) in [6.45, 7) is 0. The summed E-state index contributed by atoms with van der Waals surface area (Å²) in [5.74, 6) is -0.674. The third kappa shape index (κ3) is 6.48. The van der Waals surface area contributed by atoms with Crippen LogP contribution in [0.2, 0.25) is 0 Å². The lowest BCUT2D eigenvalue weighted by molar-refractivity contribution is -0.129. The molecule has 0 radical (unpaired) electrons. The van der Waals surface area contributed by atoms with Crippen molar-refractivity contribution in [3.8, 4) is 22.6 Å². The Kier molecular flexibility index (Phi) is 7.58. The molecule has 4 aromatic rings. The Labute approximate surface area is 209 Å². The van der Waals surface area contributed by atoms with E-state index < -0.39 is 11.9 Å². The molecule has 4 N–H and O–H groups in total. The average Bonchev–Trinajstić information content (AvgIpc) is 2.90. The molecule has 0 aliphatic heterocycles. The number of benzene rings is 4. The largest absolute Gasteiger partial charge is 0.421 e. The lowest BCUT2D eigenvalue weighted by Crippen LogP contribution is -2.06. The molecule has 4 aromatic carbocycles. The van der Waals surface area contributed by atoms with Crippen LogP contribution in [0.5, 0.6) is 11.5 Å².